The van der Waals surface area contributed by atoms with Crippen LogP contribution in [0.5, 0.6) is 5.88 Å². The summed E-state index contributed by atoms with van der Waals surface area (Å²) in [6.45, 7) is 0.444. The Labute approximate surface area is 116 Å². The first kappa shape index (κ1) is 12.6. The van der Waals surface area contributed by atoms with Crippen LogP contribution < -0.4 is 4.74 Å². The van der Waals surface area contributed by atoms with E-state index in [9.17, 15) is 5.11 Å². The second-order valence-electron chi connectivity index (χ2n) is 4.46. The Hall–Kier alpha value is -2.46. The number of nitrogens with zero attached hydrogens (tertiary/aromatic N) is 2. The number of fused-ring (bicyclic) bond motifs is 1. The average Bonchev–Trinajstić information content (AvgIpc) is 2.53. The zero-order valence-corrected chi connectivity index (χ0v) is 10.9. The van der Waals surface area contributed by atoms with Gasteiger partial charge in [-0.05, 0) is 23.3 Å². The fourth-order valence-electron chi connectivity index (χ4n) is 2.02. The standard InChI is InChI=1S/C16H14N2O2/c19-9-13-6-7-15-14(8-13)16(18-11-17-15)20-10-12-4-2-1-3-5-12/h1-8,11,19H,9-10H2. The molecule has 0 spiro atoms. The van der Waals surface area contributed by atoms with Gasteiger partial charge in [-0.15, -0.1) is 0 Å². The maximum absolute atomic E-state index is 9.21. The molecule has 100 valence electrons. The number of aliphatic hydroxyl groups is 1. The van der Waals surface area contributed by atoms with Gasteiger partial charge >= 0.3 is 0 Å². The highest BCUT2D eigenvalue weighted by atomic mass is 16.5. The van der Waals surface area contributed by atoms with Crippen LogP contribution >= 0.6 is 0 Å². The van der Waals surface area contributed by atoms with Gasteiger partial charge in [0.2, 0.25) is 5.88 Å². The van der Waals surface area contributed by atoms with E-state index in [1.807, 2.05) is 48.5 Å². The summed E-state index contributed by atoms with van der Waals surface area (Å²) in [4.78, 5) is 8.38. The fraction of sp³-hybridized carbons (Fsp3) is 0.125. The van der Waals surface area contributed by atoms with Crippen LogP contribution in [0.1, 0.15) is 11.1 Å². The van der Waals surface area contributed by atoms with Crippen LogP contribution in [-0.4, -0.2) is 15.1 Å². The van der Waals surface area contributed by atoms with E-state index in [-0.39, 0.29) is 6.61 Å². The van der Waals surface area contributed by atoms with Crippen LogP contribution in [0.3, 0.4) is 0 Å². The summed E-state index contributed by atoms with van der Waals surface area (Å²) in [7, 11) is 0. The van der Waals surface area contributed by atoms with E-state index in [2.05, 4.69) is 9.97 Å². The first-order chi connectivity index (χ1) is 9.86. The molecular formula is C16H14N2O2. The van der Waals surface area contributed by atoms with Gasteiger partial charge in [0, 0.05) is 0 Å². The molecule has 1 N–H and O–H groups in total. The maximum atomic E-state index is 9.21. The van der Waals surface area contributed by atoms with Gasteiger partial charge in [-0.2, -0.15) is 0 Å². The van der Waals surface area contributed by atoms with Gasteiger partial charge in [0.1, 0.15) is 12.9 Å². The molecule has 0 saturated carbocycles. The van der Waals surface area contributed by atoms with Crippen molar-refractivity contribution in [1.29, 1.82) is 0 Å². The van der Waals surface area contributed by atoms with E-state index in [1.165, 1.54) is 6.33 Å². The summed E-state index contributed by atoms with van der Waals surface area (Å²) >= 11 is 0. The lowest BCUT2D eigenvalue weighted by molar-refractivity contribution is 0.281. The number of aliphatic hydroxyl groups excluding tert-OH is 1. The minimum atomic E-state index is -0.0110. The molecule has 0 unspecified atom stereocenters. The van der Waals surface area contributed by atoms with Crippen LogP contribution in [0.2, 0.25) is 0 Å². The van der Waals surface area contributed by atoms with Crippen molar-refractivity contribution in [3.05, 3.63) is 66.0 Å². The summed E-state index contributed by atoms with van der Waals surface area (Å²) < 4.78 is 5.77. The molecule has 2 aromatic carbocycles. The quantitative estimate of drug-likeness (QED) is 0.788. The molecule has 0 amide bonds. The Morgan fingerprint density at radius 3 is 2.60 bits per heavy atom. The van der Waals surface area contributed by atoms with Crippen molar-refractivity contribution in [2.75, 3.05) is 0 Å². The van der Waals surface area contributed by atoms with Gasteiger partial charge in [0.25, 0.3) is 0 Å². The van der Waals surface area contributed by atoms with E-state index in [0.29, 0.717) is 12.5 Å². The molecule has 0 saturated heterocycles. The van der Waals surface area contributed by atoms with Crippen LogP contribution in [0.4, 0.5) is 0 Å². The zero-order chi connectivity index (χ0) is 13.8. The SMILES string of the molecule is OCc1ccc2ncnc(OCc3ccccc3)c2c1. The lowest BCUT2D eigenvalue weighted by Gasteiger charge is -2.08. The third-order valence-corrected chi connectivity index (χ3v) is 3.06. The van der Waals surface area contributed by atoms with Gasteiger partial charge in [-0.1, -0.05) is 36.4 Å². The van der Waals surface area contributed by atoms with Crippen molar-refractivity contribution in [2.45, 2.75) is 13.2 Å². The topological polar surface area (TPSA) is 55.2 Å². The number of benzene rings is 2. The van der Waals surface area contributed by atoms with Crippen molar-refractivity contribution in [1.82, 2.24) is 9.97 Å². The first-order valence-corrected chi connectivity index (χ1v) is 6.38. The summed E-state index contributed by atoms with van der Waals surface area (Å²) in [5, 5.41) is 10.0. The summed E-state index contributed by atoms with van der Waals surface area (Å²) in [6, 6.07) is 15.5. The minimum absolute atomic E-state index is 0.0110. The summed E-state index contributed by atoms with van der Waals surface area (Å²) in [5.41, 5.74) is 2.70. The van der Waals surface area contributed by atoms with Crippen molar-refractivity contribution < 1.29 is 9.84 Å². The number of rotatable bonds is 4. The van der Waals surface area contributed by atoms with Gasteiger partial charge in [0.15, 0.2) is 0 Å². The number of hydrogen-bond acceptors (Lipinski definition) is 4. The molecular weight excluding hydrogens is 252 g/mol. The van der Waals surface area contributed by atoms with Crippen LogP contribution in [0, 0.1) is 0 Å². The third-order valence-electron chi connectivity index (χ3n) is 3.06. The Kier molecular flexibility index (Phi) is 3.56. The number of ether oxygens (including phenoxy) is 1. The second kappa shape index (κ2) is 5.67. The van der Waals surface area contributed by atoms with Gasteiger partial charge in [-0.3, -0.25) is 0 Å². The summed E-state index contributed by atoms with van der Waals surface area (Å²) in [6.07, 6.45) is 1.49. The van der Waals surface area contributed by atoms with E-state index in [4.69, 9.17) is 4.74 Å². The Morgan fingerprint density at radius 2 is 1.80 bits per heavy atom. The molecule has 4 heteroatoms. The van der Waals surface area contributed by atoms with Crippen LogP contribution in [0.15, 0.2) is 54.9 Å². The average molecular weight is 266 g/mol. The first-order valence-electron chi connectivity index (χ1n) is 6.38. The van der Waals surface area contributed by atoms with E-state index in [0.717, 1.165) is 22.0 Å². The molecule has 0 fully saturated rings. The van der Waals surface area contributed by atoms with E-state index >= 15 is 0 Å². The van der Waals surface area contributed by atoms with Gasteiger partial charge in [0.05, 0.1) is 17.5 Å². The highest BCUT2D eigenvalue weighted by molar-refractivity contribution is 5.83. The Balaban J connectivity index is 1.90. The maximum Gasteiger partial charge on any atom is 0.224 e. The predicted molar refractivity (Wildman–Crippen MR) is 76.2 cm³/mol. The molecule has 0 aliphatic carbocycles. The third kappa shape index (κ3) is 2.60. The Morgan fingerprint density at radius 1 is 0.950 bits per heavy atom. The number of aromatic nitrogens is 2. The smallest absolute Gasteiger partial charge is 0.224 e. The largest absolute Gasteiger partial charge is 0.472 e. The number of hydrogen-bond donors (Lipinski definition) is 1. The highest BCUT2D eigenvalue weighted by Gasteiger charge is 2.06. The Bertz CT molecular complexity index is 714. The minimum Gasteiger partial charge on any atom is -0.472 e. The lowest BCUT2D eigenvalue weighted by Crippen LogP contribution is -1.99. The molecule has 0 atom stereocenters. The van der Waals surface area contributed by atoms with Crippen LogP contribution in [0.25, 0.3) is 10.9 Å². The van der Waals surface area contributed by atoms with Gasteiger partial charge < -0.3 is 9.84 Å². The molecule has 1 aromatic heterocycles. The monoisotopic (exact) mass is 266 g/mol. The van der Waals surface area contributed by atoms with Crippen molar-refractivity contribution in [2.24, 2.45) is 0 Å². The molecule has 3 aromatic rings. The zero-order valence-electron chi connectivity index (χ0n) is 10.9. The normalized spacial score (nSPS) is 10.7. The molecule has 1 heterocycles. The van der Waals surface area contributed by atoms with Crippen molar-refractivity contribution in [3.8, 4) is 5.88 Å². The molecule has 0 aliphatic rings. The van der Waals surface area contributed by atoms with Crippen molar-refractivity contribution in [3.63, 3.8) is 0 Å². The molecule has 20 heavy (non-hydrogen) atoms. The second-order valence-corrected chi connectivity index (χ2v) is 4.46. The molecule has 0 bridgehead atoms. The van der Waals surface area contributed by atoms with E-state index < -0.39 is 0 Å². The molecule has 3 rings (SSSR count). The van der Waals surface area contributed by atoms with Gasteiger partial charge in [-0.25, -0.2) is 9.97 Å². The molecule has 0 aliphatic heterocycles. The fourth-order valence-corrected chi connectivity index (χ4v) is 2.02. The molecule has 0 radical (unpaired) electrons. The van der Waals surface area contributed by atoms with E-state index in [1.54, 1.807) is 0 Å². The summed E-state index contributed by atoms with van der Waals surface area (Å²) in [5.74, 6) is 0.536. The highest BCUT2D eigenvalue weighted by Crippen LogP contribution is 2.23. The van der Waals surface area contributed by atoms with Crippen LogP contribution in [-0.2, 0) is 13.2 Å². The molecule has 4 nitrogen and oxygen atoms in total. The lowest BCUT2D eigenvalue weighted by atomic mass is 10.1. The predicted octanol–water partition coefficient (Wildman–Crippen LogP) is 2.70. The van der Waals surface area contributed by atoms with Crippen molar-refractivity contribution >= 4 is 10.9 Å².